The Morgan fingerprint density at radius 2 is 2.12 bits per heavy atom. The molecule has 1 N–H and O–H groups in total. The molecular formula is C12H12F2N2O. The highest BCUT2D eigenvalue weighted by Crippen LogP contribution is 2.32. The number of rotatable bonds is 3. The van der Waals surface area contributed by atoms with E-state index in [1.807, 2.05) is 6.07 Å². The number of para-hydroxylation sites is 1. The van der Waals surface area contributed by atoms with Crippen LogP contribution in [0, 0.1) is 0 Å². The smallest absolute Gasteiger partial charge is 0.280 e. The molecule has 0 aliphatic carbocycles. The van der Waals surface area contributed by atoms with Crippen LogP contribution in [0.3, 0.4) is 0 Å². The van der Waals surface area contributed by atoms with E-state index in [-0.39, 0.29) is 5.69 Å². The molecular weight excluding hydrogens is 226 g/mol. The molecule has 0 unspecified atom stereocenters. The number of nitrogens with zero attached hydrogens (tertiary/aromatic N) is 1. The van der Waals surface area contributed by atoms with Crippen molar-refractivity contribution in [3.63, 3.8) is 0 Å². The van der Waals surface area contributed by atoms with Crippen molar-refractivity contribution in [2.24, 2.45) is 0 Å². The molecule has 0 aliphatic heterocycles. The van der Waals surface area contributed by atoms with Crippen LogP contribution in [0.15, 0.2) is 24.3 Å². The lowest BCUT2D eigenvalue weighted by atomic mass is 10.1. The van der Waals surface area contributed by atoms with Crippen LogP contribution >= 0.6 is 0 Å². The number of alkyl halides is 2. The molecule has 0 aliphatic rings. The molecule has 0 fully saturated rings. The summed E-state index contributed by atoms with van der Waals surface area (Å²) < 4.78 is 30.6. The van der Waals surface area contributed by atoms with Crippen LogP contribution < -0.4 is 10.1 Å². The number of hydrogen-bond acceptors (Lipinski definition) is 3. The highest BCUT2D eigenvalue weighted by molar-refractivity contribution is 5.95. The third-order valence-corrected chi connectivity index (χ3v) is 2.54. The van der Waals surface area contributed by atoms with Crippen molar-refractivity contribution in [3.8, 4) is 5.75 Å². The van der Waals surface area contributed by atoms with Gasteiger partial charge < -0.3 is 10.1 Å². The van der Waals surface area contributed by atoms with Crippen molar-refractivity contribution in [1.82, 2.24) is 4.98 Å². The maximum Gasteiger partial charge on any atom is 0.280 e. The molecule has 0 bridgehead atoms. The normalized spacial score (nSPS) is 10.9. The predicted octanol–water partition coefficient (Wildman–Crippen LogP) is 3.22. The Labute approximate surface area is 97.4 Å². The topological polar surface area (TPSA) is 34.2 Å². The van der Waals surface area contributed by atoms with Gasteiger partial charge in [0.1, 0.15) is 17.0 Å². The fraction of sp³-hybridized carbons (Fsp3) is 0.250. The van der Waals surface area contributed by atoms with E-state index in [0.717, 1.165) is 5.39 Å². The minimum atomic E-state index is -2.60. The van der Waals surface area contributed by atoms with Gasteiger partial charge >= 0.3 is 0 Å². The van der Waals surface area contributed by atoms with Crippen molar-refractivity contribution in [2.75, 3.05) is 19.5 Å². The largest absolute Gasteiger partial charge is 0.494 e. The number of anilines is 1. The molecule has 0 saturated heterocycles. The summed E-state index contributed by atoms with van der Waals surface area (Å²) in [6, 6.07) is 6.66. The second-order valence-electron chi connectivity index (χ2n) is 3.50. The van der Waals surface area contributed by atoms with Gasteiger partial charge in [0.05, 0.1) is 7.11 Å². The van der Waals surface area contributed by atoms with E-state index >= 15 is 0 Å². The molecule has 1 aromatic heterocycles. The Balaban J connectivity index is 2.78. The van der Waals surface area contributed by atoms with Crippen molar-refractivity contribution in [3.05, 3.63) is 30.0 Å². The maximum absolute atomic E-state index is 12.7. The van der Waals surface area contributed by atoms with Gasteiger partial charge in [0.15, 0.2) is 0 Å². The number of ether oxygens (including phenoxy) is 1. The molecule has 2 aromatic rings. The zero-order valence-corrected chi connectivity index (χ0v) is 9.50. The average Bonchev–Trinajstić information content (AvgIpc) is 2.36. The highest BCUT2D eigenvalue weighted by atomic mass is 19.3. The van der Waals surface area contributed by atoms with Crippen LogP contribution in [0.25, 0.3) is 10.9 Å². The minimum Gasteiger partial charge on any atom is -0.494 e. The third kappa shape index (κ3) is 2.00. The van der Waals surface area contributed by atoms with Crippen molar-refractivity contribution >= 4 is 16.6 Å². The first-order valence-corrected chi connectivity index (χ1v) is 5.11. The summed E-state index contributed by atoms with van der Waals surface area (Å²) in [5.74, 6) is 0.488. The molecule has 17 heavy (non-hydrogen) atoms. The van der Waals surface area contributed by atoms with E-state index in [9.17, 15) is 8.78 Å². The number of nitrogens with one attached hydrogen (secondary N) is 1. The fourth-order valence-electron chi connectivity index (χ4n) is 1.73. The molecule has 0 saturated carbocycles. The number of pyridine rings is 1. The summed E-state index contributed by atoms with van der Waals surface area (Å²) in [6.45, 7) is 0. The first-order chi connectivity index (χ1) is 8.17. The molecule has 5 heteroatoms. The molecule has 0 spiro atoms. The van der Waals surface area contributed by atoms with E-state index in [4.69, 9.17) is 4.74 Å². The van der Waals surface area contributed by atoms with Gasteiger partial charge in [-0.05, 0) is 12.1 Å². The standard InChI is InChI=1S/C12H12F2N2O/c1-15-8-6-9(12(13)14)16-11-7(8)4-3-5-10(11)17-2/h3-6,12H,1-2H3,(H,15,16). The van der Waals surface area contributed by atoms with E-state index in [1.165, 1.54) is 13.2 Å². The van der Waals surface area contributed by atoms with E-state index < -0.39 is 6.43 Å². The lowest BCUT2D eigenvalue weighted by molar-refractivity contribution is 0.146. The van der Waals surface area contributed by atoms with Crippen LogP contribution in [-0.4, -0.2) is 19.1 Å². The molecule has 1 aromatic carbocycles. The molecule has 0 atom stereocenters. The van der Waals surface area contributed by atoms with Crippen LogP contribution in [0.1, 0.15) is 12.1 Å². The van der Waals surface area contributed by atoms with E-state index in [0.29, 0.717) is 17.0 Å². The van der Waals surface area contributed by atoms with Crippen molar-refractivity contribution < 1.29 is 13.5 Å². The molecule has 0 radical (unpaired) electrons. The summed E-state index contributed by atoms with van der Waals surface area (Å²) in [6.07, 6.45) is -2.60. The minimum absolute atomic E-state index is 0.258. The van der Waals surface area contributed by atoms with Gasteiger partial charge in [-0.1, -0.05) is 12.1 Å². The monoisotopic (exact) mass is 238 g/mol. The second kappa shape index (κ2) is 4.53. The van der Waals surface area contributed by atoms with Gasteiger partial charge in [-0.15, -0.1) is 0 Å². The third-order valence-electron chi connectivity index (χ3n) is 2.54. The Hall–Kier alpha value is -1.91. The van der Waals surface area contributed by atoms with Gasteiger partial charge in [-0.25, -0.2) is 13.8 Å². The summed E-state index contributed by atoms with van der Waals surface area (Å²) in [5.41, 5.74) is 0.799. The van der Waals surface area contributed by atoms with Gasteiger partial charge in [0.2, 0.25) is 0 Å². The zero-order chi connectivity index (χ0) is 12.4. The van der Waals surface area contributed by atoms with E-state index in [2.05, 4.69) is 10.3 Å². The van der Waals surface area contributed by atoms with Crippen molar-refractivity contribution in [2.45, 2.75) is 6.43 Å². The zero-order valence-electron chi connectivity index (χ0n) is 9.50. The summed E-state index contributed by atoms with van der Waals surface area (Å²) in [7, 11) is 3.17. The molecule has 90 valence electrons. The SMILES string of the molecule is CNc1cc(C(F)F)nc2c(OC)cccc12. The van der Waals surface area contributed by atoms with Crippen LogP contribution in [-0.2, 0) is 0 Å². The second-order valence-corrected chi connectivity index (χ2v) is 3.50. The Morgan fingerprint density at radius 3 is 2.71 bits per heavy atom. The van der Waals surface area contributed by atoms with Gasteiger partial charge in [0.25, 0.3) is 6.43 Å². The first-order valence-electron chi connectivity index (χ1n) is 5.11. The fourth-order valence-corrected chi connectivity index (χ4v) is 1.73. The Kier molecular flexibility index (Phi) is 3.08. The van der Waals surface area contributed by atoms with Crippen LogP contribution in [0.2, 0.25) is 0 Å². The Bertz CT molecular complexity index is 543. The molecule has 1 heterocycles. The number of methoxy groups -OCH3 is 1. The maximum atomic E-state index is 12.7. The quantitative estimate of drug-likeness (QED) is 0.891. The molecule has 0 amide bonds. The van der Waals surface area contributed by atoms with Gasteiger partial charge in [0, 0.05) is 18.1 Å². The van der Waals surface area contributed by atoms with E-state index in [1.54, 1.807) is 19.2 Å². The summed E-state index contributed by atoms with van der Waals surface area (Å²) in [5, 5.41) is 3.65. The molecule has 3 nitrogen and oxygen atoms in total. The lowest BCUT2D eigenvalue weighted by Gasteiger charge is -2.11. The van der Waals surface area contributed by atoms with Gasteiger partial charge in [-0.2, -0.15) is 0 Å². The first kappa shape index (κ1) is 11.6. The van der Waals surface area contributed by atoms with Gasteiger partial charge in [-0.3, -0.25) is 0 Å². The summed E-state index contributed by atoms with van der Waals surface area (Å²) >= 11 is 0. The number of halogens is 2. The number of fused-ring (bicyclic) bond motifs is 1. The Morgan fingerprint density at radius 1 is 1.35 bits per heavy atom. The summed E-state index contributed by atoms with van der Waals surface area (Å²) in [4.78, 5) is 3.94. The molecule has 2 rings (SSSR count). The number of aromatic nitrogens is 1. The number of hydrogen-bond donors (Lipinski definition) is 1. The van der Waals surface area contributed by atoms with Crippen LogP contribution in [0.4, 0.5) is 14.5 Å². The predicted molar refractivity (Wildman–Crippen MR) is 62.8 cm³/mol. The lowest BCUT2D eigenvalue weighted by Crippen LogP contribution is -1.98. The number of benzene rings is 1. The average molecular weight is 238 g/mol. The highest BCUT2D eigenvalue weighted by Gasteiger charge is 2.14. The van der Waals surface area contributed by atoms with Crippen molar-refractivity contribution in [1.29, 1.82) is 0 Å². The van der Waals surface area contributed by atoms with Crippen LogP contribution in [0.5, 0.6) is 5.75 Å².